The third kappa shape index (κ3) is 6.86. The fourth-order valence-electron chi connectivity index (χ4n) is 1.74. The van der Waals surface area contributed by atoms with E-state index >= 15 is 0 Å². The van der Waals surface area contributed by atoms with Crippen molar-refractivity contribution in [2.45, 2.75) is 59.5 Å². The van der Waals surface area contributed by atoms with Gasteiger partial charge in [-0.25, -0.2) is 9.97 Å². The molecule has 120 valence electrons. The molecule has 0 saturated carbocycles. The van der Waals surface area contributed by atoms with Gasteiger partial charge in [-0.2, -0.15) is 13.2 Å². The smallest absolute Gasteiger partial charge is 0.364 e. The lowest BCUT2D eigenvalue weighted by atomic mass is 10.1. The Balaban J connectivity index is 2.71. The maximum atomic E-state index is 12.0. The number of rotatable bonds is 5. The third-order valence-electron chi connectivity index (χ3n) is 2.76. The monoisotopic (exact) mass is 305 g/mol. The first kappa shape index (κ1) is 17.8. The Morgan fingerprint density at radius 1 is 1.05 bits per heavy atom. The molecule has 1 aromatic rings. The van der Waals surface area contributed by atoms with E-state index < -0.39 is 12.8 Å². The van der Waals surface area contributed by atoms with Gasteiger partial charge in [0.1, 0.15) is 13.2 Å². The Hall–Kier alpha value is -1.21. The van der Waals surface area contributed by atoms with Crippen LogP contribution in [0.3, 0.4) is 0 Å². The van der Waals surface area contributed by atoms with Gasteiger partial charge in [0.15, 0.2) is 5.82 Å². The summed E-state index contributed by atoms with van der Waals surface area (Å²) in [5.41, 5.74) is 2.44. The van der Waals surface area contributed by atoms with Crippen molar-refractivity contribution in [3.63, 3.8) is 0 Å². The van der Waals surface area contributed by atoms with Crippen LogP contribution >= 0.6 is 0 Å². The molecule has 0 aliphatic heterocycles. The maximum Gasteiger partial charge on any atom is 0.411 e. The molecule has 0 unspecified atom stereocenters. The number of alkyl halides is 3. The number of nitrogens with zero attached hydrogens (tertiary/aromatic N) is 2. The largest absolute Gasteiger partial charge is 0.411 e. The summed E-state index contributed by atoms with van der Waals surface area (Å²) in [6.07, 6.45) is -4.33. The predicted octanol–water partition coefficient (Wildman–Crippen LogP) is 3.06. The van der Waals surface area contributed by atoms with Gasteiger partial charge in [-0.1, -0.05) is 0 Å². The number of halogens is 3. The van der Waals surface area contributed by atoms with E-state index in [0.29, 0.717) is 6.54 Å². The molecule has 0 fully saturated rings. The quantitative estimate of drug-likeness (QED) is 0.908. The summed E-state index contributed by atoms with van der Waals surface area (Å²) in [4.78, 5) is 8.42. The molecule has 0 saturated heterocycles. The summed E-state index contributed by atoms with van der Waals surface area (Å²) in [5.74, 6) is 0.272. The molecule has 21 heavy (non-hydrogen) atoms. The molecule has 0 aliphatic carbocycles. The number of aromatic nitrogens is 2. The zero-order valence-electron chi connectivity index (χ0n) is 13.1. The summed E-state index contributed by atoms with van der Waals surface area (Å²) < 4.78 is 40.6. The number of ether oxygens (including phenoxy) is 1. The normalized spacial score (nSPS) is 12.8. The van der Waals surface area contributed by atoms with E-state index in [1.165, 1.54) is 0 Å². The highest BCUT2D eigenvalue weighted by Gasteiger charge is 2.27. The molecule has 0 spiro atoms. The molecule has 1 rings (SSSR count). The van der Waals surface area contributed by atoms with Crippen LogP contribution in [-0.2, 0) is 17.9 Å². The molecule has 0 bridgehead atoms. The van der Waals surface area contributed by atoms with Crippen LogP contribution in [0.1, 0.15) is 43.5 Å². The molecule has 0 aliphatic rings. The molecule has 0 aromatic carbocycles. The highest BCUT2D eigenvalue weighted by molar-refractivity contribution is 5.24. The van der Waals surface area contributed by atoms with Crippen molar-refractivity contribution in [1.82, 2.24) is 15.3 Å². The van der Waals surface area contributed by atoms with Crippen LogP contribution in [0.25, 0.3) is 0 Å². The highest BCUT2D eigenvalue weighted by Crippen LogP contribution is 2.16. The van der Waals surface area contributed by atoms with Crippen molar-refractivity contribution in [2.75, 3.05) is 6.61 Å². The molecule has 1 N–H and O–H groups in total. The minimum absolute atomic E-state index is 0.0344. The third-order valence-corrected chi connectivity index (χ3v) is 2.76. The van der Waals surface area contributed by atoms with Crippen LogP contribution in [0.15, 0.2) is 0 Å². The summed E-state index contributed by atoms with van der Waals surface area (Å²) >= 11 is 0. The number of nitrogens with one attached hydrogen (secondary N) is 1. The van der Waals surface area contributed by atoms with Gasteiger partial charge in [-0.05, 0) is 34.6 Å². The van der Waals surface area contributed by atoms with E-state index in [9.17, 15) is 13.2 Å². The Labute approximate surface area is 123 Å². The van der Waals surface area contributed by atoms with Gasteiger partial charge < -0.3 is 10.1 Å². The molecule has 1 heterocycles. The first-order valence-electron chi connectivity index (χ1n) is 6.70. The van der Waals surface area contributed by atoms with Crippen LogP contribution in [-0.4, -0.2) is 28.3 Å². The van der Waals surface area contributed by atoms with E-state index in [-0.39, 0.29) is 18.0 Å². The number of aryl methyl sites for hydroxylation is 2. The lowest BCUT2D eigenvalue weighted by Gasteiger charge is -2.22. The van der Waals surface area contributed by atoms with Crippen LogP contribution < -0.4 is 5.32 Å². The van der Waals surface area contributed by atoms with Gasteiger partial charge in [0, 0.05) is 29.0 Å². The second-order valence-corrected chi connectivity index (χ2v) is 6.00. The summed E-state index contributed by atoms with van der Waals surface area (Å²) in [6, 6.07) is 0. The minimum Gasteiger partial charge on any atom is -0.364 e. The second-order valence-electron chi connectivity index (χ2n) is 6.00. The lowest BCUT2D eigenvalue weighted by Crippen LogP contribution is -2.35. The van der Waals surface area contributed by atoms with Crippen molar-refractivity contribution < 1.29 is 17.9 Å². The zero-order chi connectivity index (χ0) is 16.3. The fraction of sp³-hybridized carbons (Fsp3) is 0.714. The number of hydrogen-bond acceptors (Lipinski definition) is 4. The van der Waals surface area contributed by atoms with Crippen LogP contribution in [0.5, 0.6) is 0 Å². The van der Waals surface area contributed by atoms with Gasteiger partial charge >= 0.3 is 6.18 Å². The first-order chi connectivity index (χ1) is 9.48. The van der Waals surface area contributed by atoms with Crippen molar-refractivity contribution in [3.8, 4) is 0 Å². The summed E-state index contributed by atoms with van der Waals surface area (Å²) in [6.45, 7) is 8.89. The van der Waals surface area contributed by atoms with Gasteiger partial charge in [0.25, 0.3) is 0 Å². The predicted molar refractivity (Wildman–Crippen MR) is 73.8 cm³/mol. The first-order valence-corrected chi connectivity index (χ1v) is 6.70. The number of hydrogen-bond donors (Lipinski definition) is 1. The molecular weight excluding hydrogens is 283 g/mol. The van der Waals surface area contributed by atoms with Crippen LogP contribution in [0.2, 0.25) is 0 Å². The average molecular weight is 305 g/mol. The zero-order valence-corrected chi connectivity index (χ0v) is 13.1. The molecule has 0 radical (unpaired) electrons. The van der Waals surface area contributed by atoms with E-state index in [0.717, 1.165) is 17.0 Å². The molecule has 4 nitrogen and oxygen atoms in total. The van der Waals surface area contributed by atoms with Gasteiger partial charge in [-0.3, -0.25) is 0 Å². The van der Waals surface area contributed by atoms with E-state index in [2.05, 4.69) is 40.8 Å². The van der Waals surface area contributed by atoms with Gasteiger partial charge in [0.05, 0.1) is 0 Å². The SMILES string of the molecule is Cc1nc(COCC(F)(F)F)nc(C)c1CNC(C)(C)C. The topological polar surface area (TPSA) is 47.0 Å². The van der Waals surface area contributed by atoms with Crippen LogP contribution in [0.4, 0.5) is 13.2 Å². The lowest BCUT2D eigenvalue weighted by molar-refractivity contribution is -0.177. The summed E-state index contributed by atoms with van der Waals surface area (Å²) in [5, 5.41) is 3.34. The average Bonchev–Trinajstić information content (AvgIpc) is 2.24. The van der Waals surface area contributed by atoms with E-state index in [1.54, 1.807) is 0 Å². The molecule has 0 atom stereocenters. The Morgan fingerprint density at radius 2 is 1.57 bits per heavy atom. The van der Waals surface area contributed by atoms with E-state index in [1.807, 2.05) is 13.8 Å². The van der Waals surface area contributed by atoms with E-state index in [4.69, 9.17) is 0 Å². The molecule has 7 heteroatoms. The highest BCUT2D eigenvalue weighted by atomic mass is 19.4. The minimum atomic E-state index is -4.33. The molecule has 1 aromatic heterocycles. The van der Waals surface area contributed by atoms with Crippen molar-refractivity contribution >= 4 is 0 Å². The van der Waals surface area contributed by atoms with Gasteiger partial charge in [0.2, 0.25) is 0 Å². The Kier molecular flexibility index (Phi) is 5.69. The van der Waals surface area contributed by atoms with Crippen molar-refractivity contribution in [1.29, 1.82) is 0 Å². The van der Waals surface area contributed by atoms with Crippen molar-refractivity contribution in [2.24, 2.45) is 0 Å². The standard InChI is InChI=1S/C14H22F3N3O/c1-9-11(6-18-13(3,4)5)10(2)20-12(19-9)7-21-8-14(15,16)17/h18H,6-8H2,1-5H3. The Morgan fingerprint density at radius 3 is 2.00 bits per heavy atom. The second kappa shape index (κ2) is 6.70. The summed E-state index contributed by atoms with van der Waals surface area (Å²) in [7, 11) is 0. The van der Waals surface area contributed by atoms with Crippen LogP contribution in [0, 0.1) is 13.8 Å². The van der Waals surface area contributed by atoms with Crippen molar-refractivity contribution in [3.05, 3.63) is 22.8 Å². The van der Waals surface area contributed by atoms with Gasteiger partial charge in [-0.15, -0.1) is 0 Å². The molecule has 0 amide bonds. The molecular formula is C14H22F3N3O. The Bertz CT molecular complexity index is 458. The maximum absolute atomic E-state index is 12.0. The fourth-order valence-corrected chi connectivity index (χ4v) is 1.74.